The Morgan fingerprint density at radius 1 is 0.402 bits per heavy atom. The van der Waals surface area contributed by atoms with Crippen LogP contribution in [0, 0.1) is 0 Å². The Kier molecular flexibility index (Phi) is 46.8. The minimum atomic E-state index is -1.97. The largest absolute Gasteiger partial charge is 0.394 e. The average molecular weight is 1250 g/mol. The number of hydrogen-bond acceptors (Lipinski definition) is 18. The van der Waals surface area contributed by atoms with Gasteiger partial charge in [-0.25, -0.2) is 0 Å². The Hall–Kier alpha value is -1.47. The van der Waals surface area contributed by atoms with Gasteiger partial charge < -0.3 is 89.9 Å². The number of aliphatic hydroxyl groups is 11. The second-order valence-corrected chi connectivity index (χ2v) is 25.7. The second-order valence-electron chi connectivity index (χ2n) is 25.7. The molecule has 3 heterocycles. The molecule has 17 atom stereocenters. The summed E-state index contributed by atoms with van der Waals surface area (Å²) >= 11 is 0. The summed E-state index contributed by atoms with van der Waals surface area (Å²) < 4.78 is 34.3. The number of amides is 1. The Morgan fingerprint density at radius 2 is 0.713 bits per heavy atom. The van der Waals surface area contributed by atoms with E-state index in [0.717, 1.165) is 44.9 Å². The number of aliphatic hydroxyl groups excluding tert-OH is 11. The maximum atomic E-state index is 13.3. The maximum Gasteiger partial charge on any atom is 0.220 e. The fourth-order valence-electron chi connectivity index (χ4n) is 12.3. The SMILES string of the molecule is CCCCCCCCCCCCCCCCCCCCCCCCCCCCCCCC/C=C/C(O)C(COC1OC(CO)C(OC2OC(CO)C(OC3OC(CO)C(O)C(O)C3O)C(O)C2O)C(O)C1O)NC(=O)CCCCCCCCCCCC. The predicted octanol–water partition coefficient (Wildman–Crippen LogP) is 9.28. The van der Waals surface area contributed by atoms with Crippen LogP contribution < -0.4 is 5.32 Å². The molecule has 3 saturated heterocycles. The first-order valence-electron chi connectivity index (χ1n) is 35.4. The van der Waals surface area contributed by atoms with Crippen LogP contribution in [0.15, 0.2) is 12.2 Å². The van der Waals surface area contributed by atoms with Crippen molar-refractivity contribution in [2.45, 2.75) is 388 Å². The van der Waals surface area contributed by atoms with E-state index in [-0.39, 0.29) is 18.9 Å². The zero-order chi connectivity index (χ0) is 63.3. The Balaban J connectivity index is 1.35. The highest BCUT2D eigenvalue weighted by Gasteiger charge is 2.53. The minimum Gasteiger partial charge on any atom is -0.394 e. The van der Waals surface area contributed by atoms with Gasteiger partial charge in [-0.3, -0.25) is 4.79 Å². The lowest BCUT2D eigenvalue weighted by Gasteiger charge is -2.48. The summed E-state index contributed by atoms with van der Waals surface area (Å²) in [6, 6.07) is -0.967. The third-order valence-electron chi connectivity index (χ3n) is 18.1. The third kappa shape index (κ3) is 33.3. The van der Waals surface area contributed by atoms with E-state index < -0.39 is 124 Å². The minimum absolute atomic E-state index is 0.248. The molecule has 3 rings (SSSR count). The fourth-order valence-corrected chi connectivity index (χ4v) is 12.3. The molecule has 0 radical (unpaired) electrons. The van der Waals surface area contributed by atoms with Crippen molar-refractivity contribution in [3.63, 3.8) is 0 Å². The molecule has 0 aromatic carbocycles. The molecule has 0 aromatic rings. The number of rotatable bonds is 55. The van der Waals surface area contributed by atoms with Gasteiger partial charge in [0, 0.05) is 6.42 Å². The summed E-state index contributed by atoms with van der Waals surface area (Å²) in [7, 11) is 0. The van der Waals surface area contributed by atoms with Crippen molar-refractivity contribution in [2.75, 3.05) is 26.4 Å². The monoisotopic (exact) mass is 1250 g/mol. The van der Waals surface area contributed by atoms with Gasteiger partial charge in [-0.05, 0) is 19.3 Å². The van der Waals surface area contributed by atoms with E-state index in [2.05, 4.69) is 19.2 Å². The molecule has 514 valence electrons. The van der Waals surface area contributed by atoms with E-state index in [1.54, 1.807) is 6.08 Å². The molecular weight excluding hydrogens is 1120 g/mol. The number of nitrogens with one attached hydrogen (secondary N) is 1. The normalized spacial score (nSPS) is 28.6. The van der Waals surface area contributed by atoms with Crippen molar-refractivity contribution in [2.24, 2.45) is 0 Å². The fraction of sp³-hybridized carbons (Fsp3) is 0.956. The first kappa shape index (κ1) is 79.8. The molecule has 0 bridgehead atoms. The zero-order valence-electron chi connectivity index (χ0n) is 54.3. The Morgan fingerprint density at radius 3 is 1.08 bits per heavy atom. The van der Waals surface area contributed by atoms with Crippen LogP contribution in [0.25, 0.3) is 0 Å². The van der Waals surface area contributed by atoms with Gasteiger partial charge in [0.1, 0.15) is 73.2 Å². The van der Waals surface area contributed by atoms with Crippen LogP contribution in [-0.2, 0) is 33.2 Å². The Bertz CT molecular complexity index is 1630. The molecule has 0 aliphatic carbocycles. The standard InChI is InChI=1S/C68H129NO18/c1-3-5-7-9-11-13-15-16-17-18-19-20-21-22-23-24-25-26-27-28-29-30-31-32-33-34-35-36-37-39-41-43-45-52(73)51(69-56(74)46-44-42-40-38-14-12-10-8-6-4-2)50-82-66-62(80)59(77)64(54(48-71)84-66)87-68-63(81)60(78)65(55(49-72)85-68)86-67-61(79)58(76)57(75)53(47-70)83-67/h43,45,51-55,57-68,70-73,75-81H,3-42,44,46-50H2,1-2H3,(H,69,74)/b45-43+. The molecule has 87 heavy (non-hydrogen) atoms. The molecule has 0 saturated carbocycles. The summed E-state index contributed by atoms with van der Waals surface area (Å²) in [5.74, 6) is -0.274. The molecule has 3 aliphatic rings. The van der Waals surface area contributed by atoms with Gasteiger partial charge in [0.2, 0.25) is 5.91 Å². The average Bonchev–Trinajstić information content (AvgIpc) is 2.57. The molecule has 17 unspecified atom stereocenters. The number of ether oxygens (including phenoxy) is 6. The van der Waals surface area contributed by atoms with Crippen molar-refractivity contribution in [1.29, 1.82) is 0 Å². The van der Waals surface area contributed by atoms with E-state index in [9.17, 15) is 61.0 Å². The number of hydrogen-bond donors (Lipinski definition) is 12. The van der Waals surface area contributed by atoms with E-state index in [1.165, 1.54) is 212 Å². The van der Waals surface area contributed by atoms with Gasteiger partial charge in [0.05, 0.1) is 38.6 Å². The van der Waals surface area contributed by atoms with Crippen molar-refractivity contribution >= 4 is 5.91 Å². The molecule has 0 spiro atoms. The molecule has 3 aliphatic heterocycles. The van der Waals surface area contributed by atoms with Gasteiger partial charge >= 0.3 is 0 Å². The van der Waals surface area contributed by atoms with E-state index in [4.69, 9.17) is 28.4 Å². The molecule has 19 nitrogen and oxygen atoms in total. The maximum absolute atomic E-state index is 13.3. The van der Waals surface area contributed by atoms with Crippen LogP contribution in [-0.4, -0.2) is 193 Å². The first-order valence-corrected chi connectivity index (χ1v) is 35.4. The van der Waals surface area contributed by atoms with Gasteiger partial charge in [-0.2, -0.15) is 0 Å². The van der Waals surface area contributed by atoms with E-state index >= 15 is 0 Å². The molecule has 12 N–H and O–H groups in total. The summed E-state index contributed by atoms with van der Waals surface area (Å²) in [6.07, 6.45) is 29.5. The van der Waals surface area contributed by atoms with Crippen molar-refractivity contribution in [1.82, 2.24) is 5.32 Å². The highest BCUT2D eigenvalue weighted by molar-refractivity contribution is 5.76. The molecular formula is C68H129NO18. The summed E-state index contributed by atoms with van der Waals surface area (Å²) in [4.78, 5) is 13.3. The summed E-state index contributed by atoms with van der Waals surface area (Å²) in [6.45, 7) is 1.74. The lowest BCUT2D eigenvalue weighted by atomic mass is 9.96. The number of unbranched alkanes of at least 4 members (excludes halogenated alkanes) is 39. The molecule has 1 amide bonds. The van der Waals surface area contributed by atoms with E-state index in [1.807, 2.05) is 6.08 Å². The van der Waals surface area contributed by atoms with Crippen LogP contribution in [0.3, 0.4) is 0 Å². The third-order valence-corrected chi connectivity index (χ3v) is 18.1. The number of allylic oxidation sites excluding steroid dienone is 1. The van der Waals surface area contributed by atoms with Gasteiger partial charge in [-0.15, -0.1) is 0 Å². The van der Waals surface area contributed by atoms with Crippen LogP contribution in [0.4, 0.5) is 0 Å². The quantitative estimate of drug-likeness (QED) is 0.0199. The molecule has 3 fully saturated rings. The van der Waals surface area contributed by atoms with Gasteiger partial charge in [0.25, 0.3) is 0 Å². The van der Waals surface area contributed by atoms with Crippen molar-refractivity contribution < 1.29 is 89.4 Å². The summed E-state index contributed by atoms with van der Waals surface area (Å²) in [5.41, 5.74) is 0. The first-order chi connectivity index (χ1) is 42.3. The highest BCUT2D eigenvalue weighted by atomic mass is 16.8. The van der Waals surface area contributed by atoms with Crippen LogP contribution in [0.1, 0.15) is 284 Å². The number of carbonyl (C=O) groups is 1. The Labute approximate surface area is 525 Å². The second kappa shape index (κ2) is 51.0. The van der Waals surface area contributed by atoms with Gasteiger partial charge in [0.15, 0.2) is 18.9 Å². The molecule has 0 aromatic heterocycles. The van der Waals surface area contributed by atoms with Crippen molar-refractivity contribution in [3.8, 4) is 0 Å². The predicted molar refractivity (Wildman–Crippen MR) is 337 cm³/mol. The number of carbonyl (C=O) groups excluding carboxylic acids is 1. The highest BCUT2D eigenvalue weighted by Crippen LogP contribution is 2.33. The van der Waals surface area contributed by atoms with E-state index in [0.29, 0.717) is 6.42 Å². The lowest BCUT2D eigenvalue weighted by molar-refractivity contribution is -0.379. The lowest BCUT2D eigenvalue weighted by Crippen LogP contribution is -2.66. The van der Waals surface area contributed by atoms with Gasteiger partial charge in [-0.1, -0.05) is 270 Å². The topological polar surface area (TPSA) is 307 Å². The van der Waals surface area contributed by atoms with Crippen molar-refractivity contribution in [3.05, 3.63) is 12.2 Å². The van der Waals surface area contributed by atoms with Crippen LogP contribution >= 0.6 is 0 Å². The zero-order valence-corrected chi connectivity index (χ0v) is 54.3. The van der Waals surface area contributed by atoms with Crippen LogP contribution in [0.2, 0.25) is 0 Å². The smallest absolute Gasteiger partial charge is 0.220 e. The summed E-state index contributed by atoms with van der Waals surface area (Å²) in [5, 5.41) is 120. The van der Waals surface area contributed by atoms with Crippen LogP contribution in [0.5, 0.6) is 0 Å². The molecule has 19 heteroatoms.